The van der Waals surface area contributed by atoms with E-state index in [1.807, 2.05) is 0 Å². The molecule has 2 aromatic carbocycles. The van der Waals surface area contributed by atoms with Crippen molar-refractivity contribution in [3.8, 4) is 12.3 Å². The Kier molecular flexibility index (Phi) is 6.31. The third-order valence-electron chi connectivity index (χ3n) is 2.77. The quantitative estimate of drug-likeness (QED) is 0.758. The predicted octanol–water partition coefficient (Wildman–Crippen LogP) is 2.93. The average Bonchev–Trinajstić information content (AvgIpc) is 2.55. The van der Waals surface area contributed by atoms with Gasteiger partial charge < -0.3 is 15.5 Å². The Bertz CT molecular complexity index is 736. The standard InChI is InChI=1S/C9H8FN.C8H6O4/c1-3-7-4-5-8(11-2)6-9(7)10;9-7(10)5-2-1-3-6(4-5)8(11)12/h1,4-6,11H,2H3;1-4H,(H,9,10)(H,11,12). The number of rotatable bonds is 3. The number of carbonyl (C=O) groups is 2. The van der Waals surface area contributed by atoms with Gasteiger partial charge in [0.05, 0.1) is 16.7 Å². The molecule has 0 bridgehead atoms. The number of anilines is 1. The van der Waals surface area contributed by atoms with E-state index in [0.29, 0.717) is 5.56 Å². The van der Waals surface area contributed by atoms with Crippen LogP contribution in [0.2, 0.25) is 0 Å². The van der Waals surface area contributed by atoms with Crippen LogP contribution in [0.15, 0.2) is 42.5 Å². The maximum absolute atomic E-state index is 12.9. The fraction of sp³-hybridized carbons (Fsp3) is 0.0588. The van der Waals surface area contributed by atoms with Gasteiger partial charge in [-0.15, -0.1) is 6.42 Å². The fourth-order valence-electron chi connectivity index (χ4n) is 1.57. The van der Waals surface area contributed by atoms with Gasteiger partial charge in [0.1, 0.15) is 5.82 Å². The molecule has 2 aromatic rings. The molecule has 0 aromatic heterocycles. The minimum Gasteiger partial charge on any atom is -0.478 e. The Labute approximate surface area is 132 Å². The van der Waals surface area contributed by atoms with Gasteiger partial charge in [-0.25, -0.2) is 14.0 Å². The molecule has 0 aliphatic carbocycles. The van der Waals surface area contributed by atoms with Crippen LogP contribution in [0.5, 0.6) is 0 Å². The highest BCUT2D eigenvalue weighted by Gasteiger charge is 2.06. The van der Waals surface area contributed by atoms with E-state index < -0.39 is 11.9 Å². The van der Waals surface area contributed by atoms with Crippen molar-refractivity contribution in [1.82, 2.24) is 0 Å². The van der Waals surface area contributed by atoms with Gasteiger partial charge in [-0.3, -0.25) is 0 Å². The van der Waals surface area contributed by atoms with Crippen LogP contribution in [0.4, 0.5) is 10.1 Å². The molecule has 0 radical (unpaired) electrons. The topological polar surface area (TPSA) is 86.6 Å². The van der Waals surface area contributed by atoms with Crippen molar-refractivity contribution >= 4 is 17.6 Å². The van der Waals surface area contributed by atoms with Crippen molar-refractivity contribution in [2.24, 2.45) is 0 Å². The van der Waals surface area contributed by atoms with Crippen LogP contribution in [-0.4, -0.2) is 29.2 Å². The molecular weight excluding hydrogens is 301 g/mol. The van der Waals surface area contributed by atoms with Crippen molar-refractivity contribution in [1.29, 1.82) is 0 Å². The summed E-state index contributed by atoms with van der Waals surface area (Å²) in [5, 5.41) is 19.8. The fourth-order valence-corrected chi connectivity index (χ4v) is 1.57. The van der Waals surface area contributed by atoms with Gasteiger partial charge in [-0.2, -0.15) is 0 Å². The van der Waals surface area contributed by atoms with Crippen molar-refractivity contribution in [2.75, 3.05) is 12.4 Å². The van der Waals surface area contributed by atoms with Crippen LogP contribution < -0.4 is 5.32 Å². The van der Waals surface area contributed by atoms with Crippen molar-refractivity contribution in [3.05, 3.63) is 65.0 Å². The molecule has 2 rings (SSSR count). The molecular formula is C17H14FNO4. The van der Waals surface area contributed by atoms with Crippen molar-refractivity contribution in [3.63, 3.8) is 0 Å². The molecule has 0 spiro atoms. The number of hydrogen-bond acceptors (Lipinski definition) is 3. The van der Waals surface area contributed by atoms with E-state index >= 15 is 0 Å². The van der Waals surface area contributed by atoms with Crippen LogP contribution in [0.25, 0.3) is 0 Å². The molecule has 3 N–H and O–H groups in total. The second kappa shape index (κ2) is 8.20. The first-order chi connectivity index (χ1) is 10.9. The third-order valence-corrected chi connectivity index (χ3v) is 2.77. The highest BCUT2D eigenvalue weighted by atomic mass is 19.1. The number of benzene rings is 2. The highest BCUT2D eigenvalue weighted by molar-refractivity contribution is 5.93. The molecule has 0 fully saturated rings. The second-order valence-electron chi connectivity index (χ2n) is 4.28. The first-order valence-electron chi connectivity index (χ1n) is 6.39. The number of nitrogens with one attached hydrogen (secondary N) is 1. The van der Waals surface area contributed by atoms with E-state index in [-0.39, 0.29) is 16.9 Å². The monoisotopic (exact) mass is 315 g/mol. The Morgan fingerprint density at radius 2 is 1.65 bits per heavy atom. The van der Waals surface area contributed by atoms with Crippen LogP contribution in [0.3, 0.4) is 0 Å². The van der Waals surface area contributed by atoms with Gasteiger partial charge in [0.25, 0.3) is 0 Å². The summed E-state index contributed by atoms with van der Waals surface area (Å²) in [4.78, 5) is 20.8. The number of carboxylic acids is 2. The first-order valence-corrected chi connectivity index (χ1v) is 6.39. The zero-order valence-corrected chi connectivity index (χ0v) is 12.2. The number of halogens is 1. The lowest BCUT2D eigenvalue weighted by Crippen LogP contribution is -2.01. The van der Waals surface area contributed by atoms with Crippen LogP contribution in [0, 0.1) is 18.2 Å². The zero-order valence-electron chi connectivity index (χ0n) is 12.2. The van der Waals surface area contributed by atoms with Gasteiger partial charge in [0, 0.05) is 12.7 Å². The van der Waals surface area contributed by atoms with E-state index in [1.165, 1.54) is 24.3 Å². The number of terminal acetylenes is 1. The third kappa shape index (κ3) is 5.17. The van der Waals surface area contributed by atoms with Crippen LogP contribution >= 0.6 is 0 Å². The molecule has 0 heterocycles. The molecule has 0 saturated carbocycles. The summed E-state index contributed by atoms with van der Waals surface area (Å²) in [5.74, 6) is -0.371. The Balaban J connectivity index is 0.000000231. The largest absolute Gasteiger partial charge is 0.478 e. The molecule has 23 heavy (non-hydrogen) atoms. The van der Waals surface area contributed by atoms with Gasteiger partial charge in [-0.1, -0.05) is 12.0 Å². The summed E-state index contributed by atoms with van der Waals surface area (Å²) in [5.41, 5.74) is 0.982. The maximum atomic E-state index is 12.9. The Morgan fingerprint density at radius 3 is 2.04 bits per heavy atom. The minimum absolute atomic E-state index is 0.0186. The summed E-state index contributed by atoms with van der Waals surface area (Å²) in [6, 6.07) is 9.87. The summed E-state index contributed by atoms with van der Waals surface area (Å²) in [7, 11) is 1.73. The first kappa shape index (κ1) is 17.7. The average molecular weight is 315 g/mol. The Hall–Kier alpha value is -3.33. The smallest absolute Gasteiger partial charge is 0.335 e. The van der Waals surface area contributed by atoms with E-state index in [1.54, 1.807) is 19.2 Å². The molecule has 0 atom stereocenters. The molecule has 6 heteroatoms. The van der Waals surface area contributed by atoms with Crippen molar-refractivity contribution in [2.45, 2.75) is 0 Å². The van der Waals surface area contributed by atoms with Gasteiger partial charge in [0.15, 0.2) is 0 Å². The number of hydrogen-bond donors (Lipinski definition) is 3. The summed E-state index contributed by atoms with van der Waals surface area (Å²) < 4.78 is 12.9. The molecule has 0 saturated heterocycles. The second-order valence-corrected chi connectivity index (χ2v) is 4.28. The lowest BCUT2D eigenvalue weighted by molar-refractivity contribution is 0.0696. The summed E-state index contributed by atoms with van der Waals surface area (Å²) >= 11 is 0. The van der Waals surface area contributed by atoms with E-state index in [4.69, 9.17) is 16.6 Å². The van der Waals surface area contributed by atoms with Crippen LogP contribution in [-0.2, 0) is 0 Å². The molecule has 0 unspecified atom stereocenters. The van der Waals surface area contributed by atoms with Gasteiger partial charge >= 0.3 is 11.9 Å². The molecule has 0 amide bonds. The molecule has 0 aliphatic heterocycles. The minimum atomic E-state index is -1.13. The van der Waals surface area contributed by atoms with Gasteiger partial charge in [0.2, 0.25) is 0 Å². The highest BCUT2D eigenvalue weighted by Crippen LogP contribution is 2.12. The predicted molar refractivity (Wildman–Crippen MR) is 84.2 cm³/mol. The van der Waals surface area contributed by atoms with E-state index in [0.717, 1.165) is 11.8 Å². The SMILES string of the molecule is C#Cc1ccc(NC)cc1F.O=C(O)c1cccc(C(=O)O)c1. The maximum Gasteiger partial charge on any atom is 0.335 e. The van der Waals surface area contributed by atoms with Crippen molar-refractivity contribution < 1.29 is 24.2 Å². The molecule has 118 valence electrons. The van der Waals surface area contributed by atoms with Crippen LogP contribution in [0.1, 0.15) is 26.3 Å². The zero-order chi connectivity index (χ0) is 17.4. The number of carboxylic acid groups (broad SMARTS) is 2. The van der Waals surface area contributed by atoms with E-state index in [9.17, 15) is 14.0 Å². The molecule has 0 aliphatic rings. The Morgan fingerprint density at radius 1 is 1.09 bits per heavy atom. The number of aromatic carboxylic acids is 2. The molecule has 5 nitrogen and oxygen atoms in total. The lowest BCUT2D eigenvalue weighted by Gasteiger charge is -1.99. The normalized spacial score (nSPS) is 9.09. The van der Waals surface area contributed by atoms with Gasteiger partial charge in [-0.05, 0) is 36.4 Å². The summed E-state index contributed by atoms with van der Waals surface area (Å²) in [6.45, 7) is 0. The lowest BCUT2D eigenvalue weighted by atomic mass is 10.1. The summed E-state index contributed by atoms with van der Waals surface area (Å²) in [6.07, 6.45) is 5.03. The van der Waals surface area contributed by atoms with E-state index in [2.05, 4.69) is 11.2 Å².